The van der Waals surface area contributed by atoms with Gasteiger partial charge in [-0.05, 0) is 42.3 Å². The monoisotopic (exact) mass is 258 g/mol. The Morgan fingerprint density at radius 1 is 1.44 bits per heavy atom. The van der Waals surface area contributed by atoms with Gasteiger partial charge in [-0.2, -0.15) is 0 Å². The summed E-state index contributed by atoms with van der Waals surface area (Å²) < 4.78 is 0. The molecular weight excluding hydrogens is 242 g/mol. The van der Waals surface area contributed by atoms with Gasteiger partial charge < -0.3 is 0 Å². The van der Waals surface area contributed by atoms with E-state index in [0.29, 0.717) is 15.8 Å². The molecule has 4 heteroatoms. The van der Waals surface area contributed by atoms with Crippen molar-refractivity contribution in [2.24, 2.45) is 0 Å². The normalized spacial score (nSPS) is 14.2. The Hall–Kier alpha value is -1.68. The molecule has 1 aromatic rings. The number of thioether (sulfide) groups is 1. The molecule has 1 aliphatic carbocycles. The summed E-state index contributed by atoms with van der Waals surface area (Å²) in [4.78, 5) is 4.53. The first-order valence-electron chi connectivity index (χ1n) is 5.86. The molecule has 0 spiro atoms. The number of nitrogens with zero attached hydrogens (tertiary/aromatic N) is 1. The number of allylic oxidation sites excluding steroid dienone is 4. The number of pyridine rings is 1. The van der Waals surface area contributed by atoms with Crippen molar-refractivity contribution < 1.29 is 5.41 Å². The molecule has 1 aliphatic rings. The van der Waals surface area contributed by atoms with Crippen molar-refractivity contribution in [1.29, 1.82) is 5.41 Å². The largest absolute Gasteiger partial charge is 0.292 e. The summed E-state index contributed by atoms with van der Waals surface area (Å²) in [5.74, 6) is 0. The second-order valence-electron chi connectivity index (χ2n) is 4.11. The van der Waals surface area contributed by atoms with E-state index in [0.717, 1.165) is 18.5 Å². The van der Waals surface area contributed by atoms with Crippen LogP contribution >= 0.6 is 11.8 Å². The number of nitrogens with two attached hydrogens (primary N) is 1. The topological polar surface area (TPSA) is 62.3 Å². The van der Waals surface area contributed by atoms with E-state index in [2.05, 4.69) is 23.2 Å². The van der Waals surface area contributed by atoms with Gasteiger partial charge in [0.05, 0.1) is 11.4 Å². The lowest BCUT2D eigenvalue weighted by Gasteiger charge is -2.09. The van der Waals surface area contributed by atoms with Gasteiger partial charge in [-0.1, -0.05) is 24.3 Å². The van der Waals surface area contributed by atoms with Crippen molar-refractivity contribution in [3.8, 4) is 0 Å². The van der Waals surface area contributed by atoms with Crippen LogP contribution in [0.3, 0.4) is 0 Å². The van der Waals surface area contributed by atoms with Crippen molar-refractivity contribution >= 4 is 27.4 Å². The van der Waals surface area contributed by atoms with Crippen molar-refractivity contribution in [3.05, 3.63) is 47.8 Å². The molecule has 3 nitrogen and oxygen atoms in total. The van der Waals surface area contributed by atoms with Crippen molar-refractivity contribution in [2.45, 2.75) is 19.8 Å². The first-order chi connectivity index (χ1) is 8.66. The molecule has 1 heterocycles. The molecule has 1 aromatic heterocycles. The molecule has 3 N–H and O–H groups in total. The van der Waals surface area contributed by atoms with Crippen LogP contribution in [0, 0.1) is 5.41 Å². The molecule has 92 valence electrons. The number of nitrogens with one attached hydrogen (secondary N) is 1. The molecule has 0 fully saturated rings. The Labute approximate surface area is 111 Å². The van der Waals surface area contributed by atoms with E-state index in [4.69, 9.17) is 10.8 Å². The first kappa shape index (κ1) is 12.8. The van der Waals surface area contributed by atoms with Gasteiger partial charge in [0.1, 0.15) is 5.04 Å². The molecule has 0 saturated carbocycles. The predicted octanol–water partition coefficient (Wildman–Crippen LogP) is 2.05. The zero-order valence-electron chi connectivity index (χ0n) is 10.3. The van der Waals surface area contributed by atoms with Crippen LogP contribution in [-0.4, -0.2) is 15.1 Å². The molecule has 0 atom stereocenters. The summed E-state index contributed by atoms with van der Waals surface area (Å²) in [6.45, 7) is 1.79. The SMILES string of the molecule is CC(=[NH2+])SC(=N)c1cccc(C2=CC=CCC2)n1. The number of hydrogen-bond acceptors (Lipinski definition) is 3. The minimum atomic E-state index is 0.392. The number of rotatable bonds is 2. The van der Waals surface area contributed by atoms with E-state index in [9.17, 15) is 0 Å². The molecule has 0 aromatic carbocycles. The molecule has 0 saturated heterocycles. The third kappa shape index (κ3) is 3.17. The second kappa shape index (κ2) is 5.78. The highest BCUT2D eigenvalue weighted by molar-refractivity contribution is 8.26. The van der Waals surface area contributed by atoms with E-state index >= 15 is 0 Å². The molecule has 0 radical (unpaired) electrons. The maximum Gasteiger partial charge on any atom is 0.210 e. The van der Waals surface area contributed by atoms with Crippen LogP contribution in [0.4, 0.5) is 0 Å². The molecule has 0 amide bonds. The lowest BCUT2D eigenvalue weighted by Crippen LogP contribution is -2.36. The second-order valence-corrected chi connectivity index (χ2v) is 5.36. The van der Waals surface area contributed by atoms with Gasteiger partial charge in [0, 0.05) is 6.92 Å². The van der Waals surface area contributed by atoms with Gasteiger partial charge in [-0.3, -0.25) is 10.8 Å². The average molecular weight is 258 g/mol. The summed E-state index contributed by atoms with van der Waals surface area (Å²) >= 11 is 1.24. The van der Waals surface area contributed by atoms with Gasteiger partial charge >= 0.3 is 0 Å². The molecule has 0 aliphatic heterocycles. The fourth-order valence-corrected chi connectivity index (χ4v) is 2.31. The first-order valence-corrected chi connectivity index (χ1v) is 6.67. The van der Waals surface area contributed by atoms with Crippen LogP contribution in [-0.2, 0) is 0 Å². The summed E-state index contributed by atoms with van der Waals surface area (Å²) in [5.41, 5.74) is 2.86. The van der Waals surface area contributed by atoms with Gasteiger partial charge in [0.15, 0.2) is 0 Å². The Bertz CT molecular complexity index is 544. The van der Waals surface area contributed by atoms with E-state index in [1.807, 2.05) is 18.2 Å². The Morgan fingerprint density at radius 3 is 2.94 bits per heavy atom. The Balaban J connectivity index is 2.24. The minimum Gasteiger partial charge on any atom is -0.292 e. The predicted molar refractivity (Wildman–Crippen MR) is 77.6 cm³/mol. The highest BCUT2D eigenvalue weighted by Gasteiger charge is 2.10. The number of hydrogen-bond donors (Lipinski definition) is 2. The van der Waals surface area contributed by atoms with Crippen molar-refractivity contribution in [1.82, 2.24) is 4.98 Å². The van der Waals surface area contributed by atoms with Gasteiger partial charge in [0.2, 0.25) is 5.04 Å². The fourth-order valence-electron chi connectivity index (χ4n) is 1.77. The van der Waals surface area contributed by atoms with E-state index in [1.165, 1.54) is 17.3 Å². The third-order valence-electron chi connectivity index (χ3n) is 2.59. The highest BCUT2D eigenvalue weighted by atomic mass is 32.2. The number of aromatic nitrogens is 1. The molecule has 0 unspecified atom stereocenters. The maximum atomic E-state index is 7.94. The van der Waals surface area contributed by atoms with Crippen LogP contribution in [0.1, 0.15) is 31.2 Å². The quantitative estimate of drug-likeness (QED) is 0.630. The Kier molecular flexibility index (Phi) is 4.10. The van der Waals surface area contributed by atoms with Gasteiger partial charge in [-0.25, -0.2) is 4.98 Å². The van der Waals surface area contributed by atoms with E-state index < -0.39 is 0 Å². The minimum absolute atomic E-state index is 0.392. The smallest absolute Gasteiger partial charge is 0.210 e. The summed E-state index contributed by atoms with van der Waals surface area (Å²) in [6.07, 6.45) is 8.37. The Morgan fingerprint density at radius 2 is 2.28 bits per heavy atom. The zero-order chi connectivity index (χ0) is 13.0. The zero-order valence-corrected chi connectivity index (χ0v) is 11.1. The molecule has 2 rings (SSSR count). The van der Waals surface area contributed by atoms with Crippen molar-refractivity contribution in [3.63, 3.8) is 0 Å². The van der Waals surface area contributed by atoms with Crippen LogP contribution in [0.25, 0.3) is 5.57 Å². The summed E-state index contributed by atoms with van der Waals surface area (Å²) in [7, 11) is 0. The van der Waals surface area contributed by atoms with Crippen molar-refractivity contribution in [2.75, 3.05) is 0 Å². The lowest BCUT2D eigenvalue weighted by molar-refractivity contribution is -0.109. The van der Waals surface area contributed by atoms with E-state index in [-0.39, 0.29) is 0 Å². The van der Waals surface area contributed by atoms with Gasteiger partial charge in [-0.15, -0.1) is 0 Å². The van der Waals surface area contributed by atoms with Gasteiger partial charge in [0.25, 0.3) is 0 Å². The van der Waals surface area contributed by atoms with E-state index in [1.54, 1.807) is 6.92 Å². The third-order valence-corrected chi connectivity index (χ3v) is 3.32. The van der Waals surface area contributed by atoms with Crippen LogP contribution < -0.4 is 5.41 Å². The molecular formula is C14H16N3S+. The van der Waals surface area contributed by atoms with Crippen LogP contribution in [0.2, 0.25) is 0 Å². The maximum absolute atomic E-state index is 7.94. The summed E-state index contributed by atoms with van der Waals surface area (Å²) in [5, 5.41) is 14.6. The molecule has 18 heavy (non-hydrogen) atoms. The average Bonchev–Trinajstić information content (AvgIpc) is 2.39. The van der Waals surface area contributed by atoms with Crippen LogP contribution in [0.15, 0.2) is 36.4 Å². The molecule has 0 bridgehead atoms. The fraction of sp³-hybridized carbons (Fsp3) is 0.214. The highest BCUT2D eigenvalue weighted by Crippen LogP contribution is 2.22. The standard InChI is InChI=1S/C14H15N3S/c1-10(15)18-14(16)13-9-5-8-12(17-13)11-6-3-2-4-7-11/h2-3,5-6,8-9,15-16H,4,7H2,1H3/p+1. The lowest BCUT2D eigenvalue weighted by atomic mass is 10.0. The summed E-state index contributed by atoms with van der Waals surface area (Å²) in [6, 6.07) is 5.78. The van der Waals surface area contributed by atoms with Crippen LogP contribution in [0.5, 0.6) is 0 Å².